The van der Waals surface area contributed by atoms with Gasteiger partial charge in [0.1, 0.15) is 12.4 Å². The maximum atomic E-state index is 8.68. The molecular formula is C11H7N7. The quantitative estimate of drug-likeness (QED) is 0.666. The first-order valence-electron chi connectivity index (χ1n) is 5.12. The SMILES string of the molecule is N#Cc1ncn(-c2nc3ccccc3nc2N)n1. The number of nitrogen functional groups attached to an aromatic ring is 1. The number of anilines is 1. The van der Waals surface area contributed by atoms with Crippen molar-refractivity contribution in [3.63, 3.8) is 0 Å². The molecule has 7 heteroatoms. The zero-order valence-electron chi connectivity index (χ0n) is 9.15. The minimum atomic E-state index is 0.0596. The van der Waals surface area contributed by atoms with E-state index < -0.39 is 0 Å². The third-order valence-electron chi connectivity index (χ3n) is 2.39. The lowest BCUT2D eigenvalue weighted by molar-refractivity contribution is 0.843. The Kier molecular flexibility index (Phi) is 2.13. The van der Waals surface area contributed by atoms with Crippen LogP contribution in [0.15, 0.2) is 30.6 Å². The van der Waals surface area contributed by atoms with Crippen molar-refractivity contribution < 1.29 is 0 Å². The van der Waals surface area contributed by atoms with Gasteiger partial charge >= 0.3 is 0 Å². The molecule has 0 amide bonds. The molecule has 0 aliphatic carbocycles. The molecule has 0 aliphatic heterocycles. The zero-order chi connectivity index (χ0) is 12.5. The number of nitrogens with two attached hydrogens (primary N) is 1. The minimum Gasteiger partial charge on any atom is -0.381 e. The van der Waals surface area contributed by atoms with Crippen LogP contribution in [0.4, 0.5) is 5.82 Å². The third kappa shape index (κ3) is 1.53. The summed E-state index contributed by atoms with van der Waals surface area (Å²) in [7, 11) is 0. The van der Waals surface area contributed by atoms with Gasteiger partial charge in [0.25, 0.3) is 5.82 Å². The van der Waals surface area contributed by atoms with Gasteiger partial charge in [-0.25, -0.2) is 15.0 Å². The van der Waals surface area contributed by atoms with E-state index in [2.05, 4.69) is 20.1 Å². The molecule has 1 aromatic carbocycles. The summed E-state index contributed by atoms with van der Waals surface area (Å²) >= 11 is 0. The van der Waals surface area contributed by atoms with Crippen molar-refractivity contribution in [1.82, 2.24) is 24.7 Å². The van der Waals surface area contributed by atoms with Crippen LogP contribution in [0.1, 0.15) is 5.82 Å². The molecule has 0 aliphatic rings. The maximum Gasteiger partial charge on any atom is 0.252 e. The number of rotatable bonds is 1. The summed E-state index contributed by atoms with van der Waals surface area (Å²) in [6, 6.07) is 9.21. The smallest absolute Gasteiger partial charge is 0.252 e. The fourth-order valence-corrected chi connectivity index (χ4v) is 1.59. The van der Waals surface area contributed by atoms with Gasteiger partial charge in [0, 0.05) is 0 Å². The zero-order valence-corrected chi connectivity index (χ0v) is 9.15. The fourth-order valence-electron chi connectivity index (χ4n) is 1.59. The van der Waals surface area contributed by atoms with E-state index in [1.165, 1.54) is 11.0 Å². The number of para-hydroxylation sites is 2. The average molecular weight is 237 g/mol. The highest BCUT2D eigenvalue weighted by molar-refractivity contribution is 5.77. The molecule has 0 unspecified atom stereocenters. The van der Waals surface area contributed by atoms with E-state index in [1.807, 2.05) is 30.3 Å². The van der Waals surface area contributed by atoms with Crippen molar-refractivity contribution in [3.8, 4) is 11.9 Å². The molecule has 2 heterocycles. The molecule has 0 fully saturated rings. The van der Waals surface area contributed by atoms with Crippen LogP contribution >= 0.6 is 0 Å². The molecule has 7 nitrogen and oxygen atoms in total. The van der Waals surface area contributed by atoms with Gasteiger partial charge in [0.2, 0.25) is 0 Å². The van der Waals surface area contributed by atoms with Gasteiger partial charge < -0.3 is 5.73 Å². The van der Waals surface area contributed by atoms with Crippen molar-refractivity contribution in [3.05, 3.63) is 36.4 Å². The Morgan fingerprint density at radius 3 is 2.56 bits per heavy atom. The van der Waals surface area contributed by atoms with Crippen LogP contribution in [0.5, 0.6) is 0 Å². The molecule has 0 radical (unpaired) electrons. The number of benzene rings is 1. The second-order valence-electron chi connectivity index (χ2n) is 3.55. The molecule has 3 rings (SSSR count). The second kappa shape index (κ2) is 3.78. The minimum absolute atomic E-state index is 0.0596. The lowest BCUT2D eigenvalue weighted by Gasteiger charge is -2.04. The van der Waals surface area contributed by atoms with Crippen LogP contribution in [-0.2, 0) is 0 Å². The Morgan fingerprint density at radius 2 is 1.89 bits per heavy atom. The Labute approximate surface area is 102 Å². The molecule has 0 saturated heterocycles. The Bertz CT molecular complexity index is 768. The van der Waals surface area contributed by atoms with Crippen molar-refractivity contribution in [2.75, 3.05) is 5.73 Å². The topological polar surface area (TPSA) is 106 Å². The number of hydrogen-bond acceptors (Lipinski definition) is 6. The van der Waals surface area contributed by atoms with Crippen molar-refractivity contribution >= 4 is 16.9 Å². The highest BCUT2D eigenvalue weighted by Crippen LogP contribution is 2.16. The first-order valence-corrected chi connectivity index (χ1v) is 5.12. The summed E-state index contributed by atoms with van der Waals surface area (Å²) in [6.45, 7) is 0. The monoisotopic (exact) mass is 237 g/mol. The van der Waals surface area contributed by atoms with Gasteiger partial charge in [0.05, 0.1) is 11.0 Å². The second-order valence-corrected chi connectivity index (χ2v) is 3.55. The van der Waals surface area contributed by atoms with Gasteiger partial charge in [0.15, 0.2) is 11.6 Å². The Morgan fingerprint density at radius 1 is 1.17 bits per heavy atom. The normalized spacial score (nSPS) is 10.4. The van der Waals surface area contributed by atoms with E-state index in [-0.39, 0.29) is 11.6 Å². The van der Waals surface area contributed by atoms with Crippen LogP contribution < -0.4 is 5.73 Å². The molecule has 0 spiro atoms. The van der Waals surface area contributed by atoms with Gasteiger partial charge in [-0.1, -0.05) is 12.1 Å². The summed E-state index contributed by atoms with van der Waals surface area (Å²) < 4.78 is 1.34. The molecule has 2 N–H and O–H groups in total. The number of nitrogens with zero attached hydrogens (tertiary/aromatic N) is 6. The van der Waals surface area contributed by atoms with Gasteiger partial charge in [-0.15, -0.1) is 5.10 Å². The molecule has 0 atom stereocenters. The van der Waals surface area contributed by atoms with Crippen LogP contribution in [-0.4, -0.2) is 24.7 Å². The van der Waals surface area contributed by atoms with Gasteiger partial charge in [-0.2, -0.15) is 9.94 Å². The summed E-state index contributed by atoms with van der Waals surface area (Å²) in [6.07, 6.45) is 1.38. The van der Waals surface area contributed by atoms with Crippen molar-refractivity contribution in [2.45, 2.75) is 0 Å². The first-order chi connectivity index (χ1) is 8.78. The van der Waals surface area contributed by atoms with Crippen LogP contribution in [0.25, 0.3) is 16.9 Å². The Hall–Kier alpha value is -3.01. The molecule has 18 heavy (non-hydrogen) atoms. The van der Waals surface area contributed by atoms with E-state index in [4.69, 9.17) is 11.0 Å². The van der Waals surface area contributed by atoms with E-state index in [1.54, 1.807) is 0 Å². The van der Waals surface area contributed by atoms with E-state index in [0.29, 0.717) is 16.9 Å². The summed E-state index contributed by atoms with van der Waals surface area (Å²) in [5.74, 6) is 0.662. The number of fused-ring (bicyclic) bond motifs is 1. The van der Waals surface area contributed by atoms with E-state index in [0.717, 1.165) is 0 Å². The van der Waals surface area contributed by atoms with Crippen LogP contribution in [0.2, 0.25) is 0 Å². The largest absolute Gasteiger partial charge is 0.381 e. The van der Waals surface area contributed by atoms with Crippen LogP contribution in [0, 0.1) is 11.3 Å². The summed E-state index contributed by atoms with van der Waals surface area (Å²) in [5, 5.41) is 12.6. The standard InChI is InChI=1S/C11H7N7/c12-5-9-14-6-18(17-9)11-10(13)15-7-3-1-2-4-8(7)16-11/h1-4,6H,(H2,13,15). The van der Waals surface area contributed by atoms with Crippen LogP contribution in [0.3, 0.4) is 0 Å². The molecule has 2 aromatic heterocycles. The van der Waals surface area contributed by atoms with E-state index >= 15 is 0 Å². The summed E-state index contributed by atoms with van der Waals surface area (Å²) in [4.78, 5) is 12.4. The molecule has 0 bridgehead atoms. The van der Waals surface area contributed by atoms with E-state index in [9.17, 15) is 0 Å². The molecule has 0 saturated carbocycles. The lowest BCUT2D eigenvalue weighted by Crippen LogP contribution is -2.06. The highest BCUT2D eigenvalue weighted by atomic mass is 15.4. The first kappa shape index (κ1) is 10.2. The number of hydrogen-bond donors (Lipinski definition) is 1. The Balaban J connectivity index is 2.22. The van der Waals surface area contributed by atoms with Crippen molar-refractivity contribution in [2.24, 2.45) is 0 Å². The fraction of sp³-hybridized carbons (Fsp3) is 0. The van der Waals surface area contributed by atoms with Gasteiger partial charge in [-0.05, 0) is 12.1 Å². The highest BCUT2D eigenvalue weighted by Gasteiger charge is 2.09. The maximum absolute atomic E-state index is 8.68. The van der Waals surface area contributed by atoms with Gasteiger partial charge in [-0.3, -0.25) is 0 Å². The number of aromatic nitrogens is 5. The predicted molar refractivity (Wildman–Crippen MR) is 63.6 cm³/mol. The molecule has 86 valence electrons. The molecule has 3 aromatic rings. The average Bonchev–Trinajstić information content (AvgIpc) is 2.86. The van der Waals surface area contributed by atoms with Crippen molar-refractivity contribution in [1.29, 1.82) is 5.26 Å². The third-order valence-corrected chi connectivity index (χ3v) is 2.39. The molecular weight excluding hydrogens is 230 g/mol. The summed E-state index contributed by atoms with van der Waals surface area (Å²) in [5.41, 5.74) is 7.24. The lowest BCUT2D eigenvalue weighted by atomic mass is 10.3. The number of nitriles is 1. The predicted octanol–water partition coefficient (Wildman–Crippen LogP) is 0.664.